The lowest BCUT2D eigenvalue weighted by Crippen LogP contribution is -2.28. The van der Waals surface area contributed by atoms with Gasteiger partial charge in [-0.2, -0.15) is 0 Å². The predicted octanol–water partition coefficient (Wildman–Crippen LogP) is 3.38. The molecule has 20 heavy (non-hydrogen) atoms. The van der Waals surface area contributed by atoms with E-state index in [0.29, 0.717) is 12.6 Å². The molecule has 0 spiro atoms. The molecule has 2 rings (SSSR count). The summed E-state index contributed by atoms with van der Waals surface area (Å²) in [4.78, 5) is 8.34. The van der Waals surface area contributed by atoms with Crippen LogP contribution in [-0.2, 0) is 0 Å². The van der Waals surface area contributed by atoms with Gasteiger partial charge in [-0.05, 0) is 27.8 Å². The first-order valence-electron chi connectivity index (χ1n) is 6.97. The van der Waals surface area contributed by atoms with Crippen LogP contribution in [0, 0.1) is 13.8 Å². The van der Waals surface area contributed by atoms with E-state index in [1.54, 1.807) is 11.3 Å². The van der Waals surface area contributed by atoms with Crippen molar-refractivity contribution in [3.05, 3.63) is 40.4 Å². The number of thiazole rings is 1. The van der Waals surface area contributed by atoms with Crippen molar-refractivity contribution < 1.29 is 0 Å². The lowest BCUT2D eigenvalue weighted by molar-refractivity contribution is 0.271. The quantitative estimate of drug-likeness (QED) is 0.917. The molecule has 1 aromatic heterocycles. The van der Waals surface area contributed by atoms with Crippen LogP contribution in [0.1, 0.15) is 29.1 Å². The van der Waals surface area contributed by atoms with Gasteiger partial charge in [0.2, 0.25) is 0 Å². The molecule has 1 aromatic carbocycles. The molecule has 0 aliphatic rings. The zero-order chi connectivity index (χ0) is 14.7. The van der Waals surface area contributed by atoms with Crippen molar-refractivity contribution in [1.29, 1.82) is 0 Å². The van der Waals surface area contributed by atoms with Crippen LogP contribution in [0.2, 0.25) is 0 Å². The summed E-state index contributed by atoms with van der Waals surface area (Å²) in [6.45, 7) is 8.00. The molecular formula is C16H23N3S. The minimum atomic E-state index is 0.357. The number of hydrogen-bond donors (Lipinski definition) is 1. The van der Waals surface area contributed by atoms with Gasteiger partial charge >= 0.3 is 0 Å². The molecule has 0 saturated carbocycles. The third-order valence-corrected chi connectivity index (χ3v) is 5.03. The summed E-state index contributed by atoms with van der Waals surface area (Å²) in [5.41, 5.74) is 9.24. The van der Waals surface area contributed by atoms with Crippen molar-refractivity contribution >= 4 is 11.3 Å². The number of nitrogens with zero attached hydrogens (tertiary/aromatic N) is 2. The van der Waals surface area contributed by atoms with E-state index in [0.717, 1.165) is 17.2 Å². The van der Waals surface area contributed by atoms with E-state index in [9.17, 15) is 0 Å². The van der Waals surface area contributed by atoms with Crippen molar-refractivity contribution in [2.75, 3.05) is 20.1 Å². The van der Waals surface area contributed by atoms with Gasteiger partial charge < -0.3 is 5.73 Å². The van der Waals surface area contributed by atoms with E-state index < -0.39 is 0 Å². The van der Waals surface area contributed by atoms with Crippen LogP contribution in [0.3, 0.4) is 0 Å². The van der Waals surface area contributed by atoms with E-state index in [-0.39, 0.29) is 0 Å². The van der Waals surface area contributed by atoms with Crippen molar-refractivity contribution in [3.63, 3.8) is 0 Å². The fourth-order valence-electron chi connectivity index (χ4n) is 2.21. The number of hydrogen-bond acceptors (Lipinski definition) is 4. The lowest BCUT2D eigenvalue weighted by atomic mass is 10.2. The Morgan fingerprint density at radius 2 is 1.90 bits per heavy atom. The molecule has 0 aliphatic carbocycles. The third kappa shape index (κ3) is 3.26. The predicted molar refractivity (Wildman–Crippen MR) is 87.1 cm³/mol. The number of benzene rings is 1. The Hall–Kier alpha value is -1.23. The highest BCUT2D eigenvalue weighted by atomic mass is 32.1. The van der Waals surface area contributed by atoms with E-state index in [1.165, 1.54) is 16.0 Å². The normalized spacial score (nSPS) is 12.9. The molecule has 0 amide bonds. The Morgan fingerprint density at radius 1 is 1.25 bits per heavy atom. The van der Waals surface area contributed by atoms with Crippen LogP contribution in [0.4, 0.5) is 0 Å². The molecule has 3 nitrogen and oxygen atoms in total. The molecule has 4 heteroatoms. The zero-order valence-electron chi connectivity index (χ0n) is 12.7. The van der Waals surface area contributed by atoms with Gasteiger partial charge in [0.15, 0.2) is 0 Å². The molecule has 1 heterocycles. The average Bonchev–Trinajstić information content (AvgIpc) is 2.81. The van der Waals surface area contributed by atoms with Gasteiger partial charge in [-0.25, -0.2) is 4.98 Å². The molecule has 2 N–H and O–H groups in total. The number of nitrogens with two attached hydrogens (primary N) is 1. The fourth-order valence-corrected chi connectivity index (χ4v) is 3.40. The van der Waals surface area contributed by atoms with Crippen LogP contribution in [0.5, 0.6) is 0 Å². The maximum atomic E-state index is 5.64. The van der Waals surface area contributed by atoms with Gasteiger partial charge in [0.1, 0.15) is 5.01 Å². The molecule has 2 aromatic rings. The van der Waals surface area contributed by atoms with Crippen LogP contribution in [0.25, 0.3) is 10.6 Å². The molecule has 0 bridgehead atoms. The van der Waals surface area contributed by atoms with Gasteiger partial charge in [-0.1, -0.05) is 29.8 Å². The van der Waals surface area contributed by atoms with Crippen molar-refractivity contribution in [1.82, 2.24) is 9.88 Å². The summed E-state index contributed by atoms with van der Waals surface area (Å²) < 4.78 is 0. The third-order valence-electron chi connectivity index (χ3n) is 3.65. The minimum absolute atomic E-state index is 0.357. The summed E-state index contributed by atoms with van der Waals surface area (Å²) in [5, 5.41) is 1.10. The highest BCUT2D eigenvalue weighted by Crippen LogP contribution is 2.33. The SMILES string of the molecule is Cc1ccc(-c2nc(C)c(C(C)N(C)CCN)s2)cc1. The number of aromatic nitrogens is 1. The van der Waals surface area contributed by atoms with E-state index >= 15 is 0 Å². The maximum Gasteiger partial charge on any atom is 0.123 e. The Labute approximate surface area is 125 Å². The van der Waals surface area contributed by atoms with Crippen LogP contribution in [0.15, 0.2) is 24.3 Å². The Kier molecular flexibility index (Phi) is 4.91. The molecular weight excluding hydrogens is 266 g/mol. The van der Waals surface area contributed by atoms with Crippen LogP contribution in [-0.4, -0.2) is 30.0 Å². The summed E-state index contributed by atoms with van der Waals surface area (Å²) in [6, 6.07) is 8.91. The summed E-state index contributed by atoms with van der Waals surface area (Å²) in [6.07, 6.45) is 0. The molecule has 0 fully saturated rings. The van der Waals surface area contributed by atoms with Crippen molar-refractivity contribution in [2.45, 2.75) is 26.8 Å². The maximum absolute atomic E-state index is 5.64. The first-order chi connectivity index (χ1) is 9.52. The molecule has 0 saturated heterocycles. The van der Waals surface area contributed by atoms with E-state index in [1.807, 2.05) is 0 Å². The number of likely N-dealkylation sites (N-methyl/N-ethyl adjacent to an activating group) is 1. The highest BCUT2D eigenvalue weighted by molar-refractivity contribution is 7.15. The standard InChI is InChI=1S/C16H23N3S/c1-11-5-7-14(8-6-11)16-18-12(2)15(20-16)13(3)19(4)10-9-17/h5-8,13H,9-10,17H2,1-4H3. The van der Waals surface area contributed by atoms with E-state index in [2.05, 4.69) is 57.0 Å². The van der Waals surface area contributed by atoms with Gasteiger partial charge in [0, 0.05) is 29.6 Å². The van der Waals surface area contributed by atoms with Gasteiger partial charge in [0.25, 0.3) is 0 Å². The molecule has 1 unspecified atom stereocenters. The van der Waals surface area contributed by atoms with Gasteiger partial charge in [-0.3, -0.25) is 4.90 Å². The molecule has 1 atom stereocenters. The Bertz CT molecular complexity index is 560. The molecule has 0 radical (unpaired) electrons. The minimum Gasteiger partial charge on any atom is -0.329 e. The largest absolute Gasteiger partial charge is 0.329 e. The average molecular weight is 289 g/mol. The molecule has 108 valence electrons. The number of aryl methyl sites for hydroxylation is 2. The van der Waals surface area contributed by atoms with Gasteiger partial charge in [0.05, 0.1) is 5.69 Å². The smallest absolute Gasteiger partial charge is 0.123 e. The summed E-state index contributed by atoms with van der Waals surface area (Å²) in [7, 11) is 2.11. The molecule has 0 aliphatic heterocycles. The topological polar surface area (TPSA) is 42.2 Å². The zero-order valence-corrected chi connectivity index (χ0v) is 13.5. The second kappa shape index (κ2) is 6.48. The number of rotatable bonds is 5. The summed E-state index contributed by atoms with van der Waals surface area (Å²) in [5.74, 6) is 0. The lowest BCUT2D eigenvalue weighted by Gasteiger charge is -2.23. The Balaban J connectivity index is 2.27. The monoisotopic (exact) mass is 289 g/mol. The van der Waals surface area contributed by atoms with Crippen LogP contribution < -0.4 is 5.73 Å². The second-order valence-corrected chi connectivity index (χ2v) is 6.31. The van der Waals surface area contributed by atoms with Crippen LogP contribution >= 0.6 is 11.3 Å². The van der Waals surface area contributed by atoms with Crippen molar-refractivity contribution in [2.24, 2.45) is 5.73 Å². The Morgan fingerprint density at radius 3 is 2.50 bits per heavy atom. The van der Waals surface area contributed by atoms with Gasteiger partial charge in [-0.15, -0.1) is 11.3 Å². The first-order valence-corrected chi connectivity index (χ1v) is 7.79. The fraction of sp³-hybridized carbons (Fsp3) is 0.438. The second-order valence-electron chi connectivity index (χ2n) is 5.28. The van der Waals surface area contributed by atoms with Crippen molar-refractivity contribution in [3.8, 4) is 10.6 Å². The summed E-state index contributed by atoms with van der Waals surface area (Å²) >= 11 is 1.79. The van der Waals surface area contributed by atoms with E-state index in [4.69, 9.17) is 10.7 Å². The highest BCUT2D eigenvalue weighted by Gasteiger charge is 2.18. The first kappa shape index (κ1) is 15.2.